The summed E-state index contributed by atoms with van der Waals surface area (Å²) in [5, 5.41) is 8.97. The number of hydrogen-bond acceptors (Lipinski definition) is 3. The van der Waals surface area contributed by atoms with Crippen molar-refractivity contribution in [3.8, 4) is 0 Å². The molecule has 0 saturated carbocycles. The van der Waals surface area contributed by atoms with Gasteiger partial charge in [-0.3, -0.25) is 0 Å². The molecule has 1 aliphatic rings. The van der Waals surface area contributed by atoms with Gasteiger partial charge in [-0.2, -0.15) is 0 Å². The molecule has 0 unspecified atom stereocenters. The Morgan fingerprint density at radius 1 is 1.37 bits per heavy atom. The van der Waals surface area contributed by atoms with Gasteiger partial charge in [-0.05, 0) is 50.7 Å². The molecule has 104 valence electrons. The van der Waals surface area contributed by atoms with E-state index in [0.29, 0.717) is 5.56 Å². The normalized spacial score (nSPS) is 16.1. The lowest BCUT2D eigenvalue weighted by molar-refractivity contribution is 0.0696. The summed E-state index contributed by atoms with van der Waals surface area (Å²) in [6, 6.07) is 7.19. The molecule has 0 aliphatic carbocycles. The van der Waals surface area contributed by atoms with Gasteiger partial charge in [0.05, 0.1) is 5.56 Å². The molecule has 1 N–H and O–H groups in total. The molecule has 0 amide bonds. The lowest BCUT2D eigenvalue weighted by Gasteiger charge is -2.21. The van der Waals surface area contributed by atoms with Crippen molar-refractivity contribution in [2.24, 2.45) is 0 Å². The van der Waals surface area contributed by atoms with Gasteiger partial charge in [0.1, 0.15) is 0 Å². The number of carbonyl (C=O) groups is 1. The Balaban J connectivity index is 1.82. The summed E-state index contributed by atoms with van der Waals surface area (Å²) >= 11 is 0. The molecule has 1 aliphatic heterocycles. The number of carboxylic acid groups (broad SMARTS) is 1. The van der Waals surface area contributed by atoms with Crippen LogP contribution in [0.5, 0.6) is 0 Å². The fourth-order valence-corrected chi connectivity index (χ4v) is 2.51. The topological polar surface area (TPSA) is 43.8 Å². The Bertz CT molecular complexity index is 428. The van der Waals surface area contributed by atoms with Crippen LogP contribution in [0.25, 0.3) is 0 Å². The second kappa shape index (κ2) is 6.68. The highest BCUT2D eigenvalue weighted by Gasteiger charge is 2.12. The molecule has 0 bridgehead atoms. The molecule has 4 heteroatoms. The third-order valence-electron chi connectivity index (χ3n) is 3.62. The van der Waals surface area contributed by atoms with Crippen molar-refractivity contribution in [1.82, 2.24) is 9.80 Å². The van der Waals surface area contributed by atoms with E-state index in [1.165, 1.54) is 25.9 Å². The molecular formula is C15H22N2O2. The van der Waals surface area contributed by atoms with E-state index in [1.54, 1.807) is 12.1 Å². The van der Waals surface area contributed by atoms with Crippen molar-refractivity contribution in [3.63, 3.8) is 0 Å². The van der Waals surface area contributed by atoms with Crippen molar-refractivity contribution >= 4 is 5.97 Å². The van der Waals surface area contributed by atoms with Crippen molar-refractivity contribution in [2.45, 2.75) is 19.4 Å². The van der Waals surface area contributed by atoms with E-state index in [2.05, 4.69) is 16.8 Å². The fourth-order valence-electron chi connectivity index (χ4n) is 2.51. The van der Waals surface area contributed by atoms with Crippen LogP contribution in [-0.2, 0) is 6.54 Å². The molecule has 4 nitrogen and oxygen atoms in total. The molecule has 0 radical (unpaired) electrons. The predicted octanol–water partition coefficient (Wildman–Crippen LogP) is 1.91. The fraction of sp³-hybridized carbons (Fsp3) is 0.533. The molecule has 0 aromatic heterocycles. The molecule has 1 aromatic rings. The summed E-state index contributed by atoms with van der Waals surface area (Å²) < 4.78 is 0. The maximum Gasteiger partial charge on any atom is 0.335 e. The first-order chi connectivity index (χ1) is 9.15. The zero-order chi connectivity index (χ0) is 13.7. The minimum absolute atomic E-state index is 0.366. The van der Waals surface area contributed by atoms with Crippen LogP contribution >= 0.6 is 0 Å². The lowest BCUT2D eigenvalue weighted by atomic mass is 10.1. The lowest BCUT2D eigenvalue weighted by Crippen LogP contribution is -2.31. The van der Waals surface area contributed by atoms with Gasteiger partial charge in [0.25, 0.3) is 0 Å². The first kappa shape index (κ1) is 14.0. The quantitative estimate of drug-likeness (QED) is 0.850. The van der Waals surface area contributed by atoms with E-state index in [9.17, 15) is 4.79 Å². The number of nitrogens with zero attached hydrogens (tertiary/aromatic N) is 2. The molecule has 1 saturated heterocycles. The maximum absolute atomic E-state index is 10.9. The molecule has 0 atom stereocenters. The van der Waals surface area contributed by atoms with Gasteiger partial charge in [0.15, 0.2) is 0 Å². The minimum atomic E-state index is -0.860. The molecular weight excluding hydrogens is 240 g/mol. The van der Waals surface area contributed by atoms with E-state index >= 15 is 0 Å². The Morgan fingerprint density at radius 2 is 2.11 bits per heavy atom. The highest BCUT2D eigenvalue weighted by molar-refractivity contribution is 5.87. The molecule has 19 heavy (non-hydrogen) atoms. The smallest absolute Gasteiger partial charge is 0.335 e. The second-order valence-corrected chi connectivity index (χ2v) is 5.29. The van der Waals surface area contributed by atoms with Crippen LogP contribution < -0.4 is 0 Å². The Morgan fingerprint density at radius 3 is 2.79 bits per heavy atom. The minimum Gasteiger partial charge on any atom is -0.478 e. The number of benzene rings is 1. The van der Waals surface area contributed by atoms with Gasteiger partial charge in [0, 0.05) is 19.6 Å². The zero-order valence-electron chi connectivity index (χ0n) is 11.5. The van der Waals surface area contributed by atoms with Crippen LogP contribution in [0.3, 0.4) is 0 Å². The van der Waals surface area contributed by atoms with E-state index in [-0.39, 0.29) is 0 Å². The van der Waals surface area contributed by atoms with Crippen molar-refractivity contribution in [1.29, 1.82) is 0 Å². The number of aromatic carboxylic acids is 1. The summed E-state index contributed by atoms with van der Waals surface area (Å²) in [6.45, 7) is 5.38. The summed E-state index contributed by atoms with van der Waals surface area (Å²) in [7, 11) is 2.09. The molecule has 0 spiro atoms. The summed E-state index contributed by atoms with van der Waals surface area (Å²) in [4.78, 5) is 15.7. The maximum atomic E-state index is 10.9. The molecule has 1 aromatic carbocycles. The van der Waals surface area contributed by atoms with E-state index in [0.717, 1.165) is 25.2 Å². The summed E-state index contributed by atoms with van der Waals surface area (Å²) in [5.41, 5.74) is 1.43. The average molecular weight is 262 g/mol. The zero-order valence-corrected chi connectivity index (χ0v) is 11.5. The van der Waals surface area contributed by atoms with Gasteiger partial charge in [0.2, 0.25) is 0 Å². The van der Waals surface area contributed by atoms with Crippen molar-refractivity contribution in [2.75, 3.05) is 33.2 Å². The van der Waals surface area contributed by atoms with E-state index in [4.69, 9.17) is 5.11 Å². The van der Waals surface area contributed by atoms with Crippen LogP contribution in [0.15, 0.2) is 24.3 Å². The monoisotopic (exact) mass is 262 g/mol. The van der Waals surface area contributed by atoms with Gasteiger partial charge in [-0.25, -0.2) is 4.79 Å². The summed E-state index contributed by atoms with van der Waals surface area (Å²) in [6.07, 6.45) is 2.65. The van der Waals surface area contributed by atoms with Gasteiger partial charge in [-0.1, -0.05) is 12.1 Å². The third kappa shape index (κ3) is 4.33. The highest BCUT2D eigenvalue weighted by Crippen LogP contribution is 2.09. The average Bonchev–Trinajstić information content (AvgIpc) is 2.90. The number of likely N-dealkylation sites (N-methyl/N-ethyl adjacent to an activating group) is 1. The van der Waals surface area contributed by atoms with Crippen molar-refractivity contribution in [3.05, 3.63) is 35.4 Å². The SMILES string of the molecule is CN(CCN1CCCC1)Cc1cccc(C(=O)O)c1. The van der Waals surface area contributed by atoms with Crippen LogP contribution in [0.2, 0.25) is 0 Å². The largest absolute Gasteiger partial charge is 0.478 e. The van der Waals surface area contributed by atoms with Gasteiger partial charge in [-0.15, -0.1) is 0 Å². The Hall–Kier alpha value is -1.39. The number of hydrogen-bond donors (Lipinski definition) is 1. The van der Waals surface area contributed by atoms with E-state index in [1.807, 2.05) is 12.1 Å². The van der Waals surface area contributed by atoms with Crippen molar-refractivity contribution < 1.29 is 9.90 Å². The van der Waals surface area contributed by atoms with Crippen LogP contribution in [-0.4, -0.2) is 54.1 Å². The number of rotatable bonds is 6. The first-order valence-corrected chi connectivity index (χ1v) is 6.88. The number of likely N-dealkylation sites (tertiary alicyclic amines) is 1. The number of carboxylic acids is 1. The Labute approximate surface area is 114 Å². The van der Waals surface area contributed by atoms with Crippen LogP contribution in [0.1, 0.15) is 28.8 Å². The summed E-state index contributed by atoms with van der Waals surface area (Å²) in [5.74, 6) is -0.860. The van der Waals surface area contributed by atoms with Crippen LogP contribution in [0.4, 0.5) is 0 Å². The van der Waals surface area contributed by atoms with Crippen LogP contribution in [0, 0.1) is 0 Å². The van der Waals surface area contributed by atoms with E-state index < -0.39 is 5.97 Å². The van der Waals surface area contributed by atoms with Gasteiger partial charge < -0.3 is 14.9 Å². The standard InChI is InChI=1S/C15H22N2O2/c1-16(9-10-17-7-2-3-8-17)12-13-5-4-6-14(11-13)15(18)19/h4-6,11H,2-3,7-10,12H2,1H3,(H,18,19). The second-order valence-electron chi connectivity index (χ2n) is 5.29. The highest BCUT2D eigenvalue weighted by atomic mass is 16.4. The predicted molar refractivity (Wildman–Crippen MR) is 75.4 cm³/mol. The molecule has 1 heterocycles. The molecule has 2 rings (SSSR count). The first-order valence-electron chi connectivity index (χ1n) is 6.88. The van der Waals surface area contributed by atoms with Gasteiger partial charge >= 0.3 is 5.97 Å². The Kier molecular flexibility index (Phi) is 4.93. The third-order valence-corrected chi connectivity index (χ3v) is 3.62. The molecule has 1 fully saturated rings.